The van der Waals surface area contributed by atoms with E-state index >= 15 is 0 Å². The van der Waals surface area contributed by atoms with Gasteiger partial charge in [-0.1, -0.05) is 0 Å². The molecule has 5 heteroatoms. The number of hydrogen-bond acceptors (Lipinski definition) is 5. The second kappa shape index (κ2) is 2.53. The van der Waals surface area contributed by atoms with Gasteiger partial charge in [0.25, 0.3) is 0 Å². The molecule has 0 aromatic rings. The largest absolute Gasteiger partial charge is 0.461 e. The molecule has 0 aromatic heterocycles. The van der Waals surface area contributed by atoms with Crippen molar-refractivity contribution >= 4 is 5.97 Å². The normalized spacial score (nSPS) is 41.1. The maximum Gasteiger partial charge on any atom is 0.337 e. The topological polar surface area (TPSA) is 87.0 Å². The summed E-state index contributed by atoms with van der Waals surface area (Å²) in [5, 5.41) is 26.3. The van der Waals surface area contributed by atoms with Crippen LogP contribution in [0, 0.1) is 0 Å². The van der Waals surface area contributed by atoms with Gasteiger partial charge in [0, 0.05) is 0 Å². The minimum absolute atomic E-state index is 0.253. The number of esters is 1. The van der Waals surface area contributed by atoms with E-state index in [0.717, 1.165) is 0 Å². The van der Waals surface area contributed by atoms with Crippen LogP contribution in [-0.2, 0) is 9.53 Å². The van der Waals surface area contributed by atoms with Crippen LogP contribution in [0.4, 0.5) is 0 Å². The smallest absolute Gasteiger partial charge is 0.337 e. The molecule has 0 aromatic carbocycles. The quantitative estimate of drug-likeness (QED) is 0.334. The molecular formula is C5H8O5. The van der Waals surface area contributed by atoms with Crippen molar-refractivity contribution < 1.29 is 24.9 Å². The van der Waals surface area contributed by atoms with Crippen LogP contribution in [0.3, 0.4) is 0 Å². The van der Waals surface area contributed by atoms with Gasteiger partial charge >= 0.3 is 5.97 Å². The standard InChI is InChI=1S/C5H8O5/c6-2-1-10-5(9)4(8)3(2)7/h2-4,6-8H,1H2/t2-,3+,4-/m0/s1. The molecule has 1 heterocycles. The van der Waals surface area contributed by atoms with Crippen molar-refractivity contribution in [3.63, 3.8) is 0 Å². The van der Waals surface area contributed by atoms with Gasteiger partial charge in [0.05, 0.1) is 0 Å². The van der Waals surface area contributed by atoms with E-state index in [-0.39, 0.29) is 6.61 Å². The first-order chi connectivity index (χ1) is 4.63. The van der Waals surface area contributed by atoms with E-state index < -0.39 is 24.3 Å². The molecule has 0 amide bonds. The van der Waals surface area contributed by atoms with E-state index in [1.165, 1.54) is 0 Å². The van der Waals surface area contributed by atoms with Crippen molar-refractivity contribution in [2.45, 2.75) is 18.3 Å². The van der Waals surface area contributed by atoms with E-state index in [1.807, 2.05) is 0 Å². The fraction of sp³-hybridized carbons (Fsp3) is 0.800. The highest BCUT2D eigenvalue weighted by Crippen LogP contribution is 2.08. The van der Waals surface area contributed by atoms with Gasteiger partial charge in [0.2, 0.25) is 0 Å². The summed E-state index contributed by atoms with van der Waals surface area (Å²) in [7, 11) is 0. The molecule has 0 unspecified atom stereocenters. The summed E-state index contributed by atoms with van der Waals surface area (Å²) in [6.45, 7) is -0.253. The van der Waals surface area contributed by atoms with Gasteiger partial charge in [-0.15, -0.1) is 0 Å². The number of cyclic esters (lactones) is 1. The monoisotopic (exact) mass is 148 g/mol. The predicted octanol–water partition coefficient (Wildman–Crippen LogP) is -2.37. The first-order valence-electron chi connectivity index (χ1n) is 2.84. The van der Waals surface area contributed by atoms with Crippen molar-refractivity contribution in [1.29, 1.82) is 0 Å². The zero-order valence-corrected chi connectivity index (χ0v) is 5.10. The lowest BCUT2D eigenvalue weighted by Crippen LogP contribution is -2.50. The van der Waals surface area contributed by atoms with Crippen molar-refractivity contribution in [2.75, 3.05) is 6.61 Å². The summed E-state index contributed by atoms with van der Waals surface area (Å²) < 4.78 is 4.27. The van der Waals surface area contributed by atoms with Crippen molar-refractivity contribution in [3.05, 3.63) is 0 Å². The summed E-state index contributed by atoms with van der Waals surface area (Å²) in [6, 6.07) is 0. The van der Waals surface area contributed by atoms with E-state index in [1.54, 1.807) is 0 Å². The van der Waals surface area contributed by atoms with Crippen molar-refractivity contribution in [3.8, 4) is 0 Å². The predicted molar refractivity (Wildman–Crippen MR) is 29.0 cm³/mol. The summed E-state index contributed by atoms with van der Waals surface area (Å²) in [6.07, 6.45) is -4.20. The first kappa shape index (κ1) is 7.46. The molecule has 0 aliphatic carbocycles. The van der Waals surface area contributed by atoms with E-state index in [0.29, 0.717) is 0 Å². The highest BCUT2D eigenvalue weighted by molar-refractivity contribution is 5.76. The van der Waals surface area contributed by atoms with Gasteiger partial charge in [-0.3, -0.25) is 0 Å². The Morgan fingerprint density at radius 2 is 2.00 bits per heavy atom. The molecule has 0 radical (unpaired) electrons. The Morgan fingerprint density at radius 3 is 2.50 bits per heavy atom. The number of aliphatic hydroxyl groups excluding tert-OH is 3. The molecule has 0 bridgehead atoms. The third kappa shape index (κ3) is 1.11. The molecule has 1 aliphatic heterocycles. The molecule has 1 aliphatic rings. The zero-order valence-electron chi connectivity index (χ0n) is 5.10. The van der Waals surface area contributed by atoms with Crippen LogP contribution in [0.15, 0.2) is 0 Å². The van der Waals surface area contributed by atoms with Gasteiger partial charge in [-0.25, -0.2) is 4.79 Å². The molecule has 0 spiro atoms. The van der Waals surface area contributed by atoms with Crippen LogP contribution < -0.4 is 0 Å². The Balaban J connectivity index is 2.60. The second-order valence-electron chi connectivity index (χ2n) is 2.13. The highest BCUT2D eigenvalue weighted by Gasteiger charge is 2.36. The number of hydrogen-bond donors (Lipinski definition) is 3. The zero-order chi connectivity index (χ0) is 7.72. The average molecular weight is 148 g/mol. The molecule has 3 N–H and O–H groups in total. The molecular weight excluding hydrogens is 140 g/mol. The molecule has 10 heavy (non-hydrogen) atoms. The first-order valence-corrected chi connectivity index (χ1v) is 2.84. The van der Waals surface area contributed by atoms with Gasteiger partial charge in [0.1, 0.15) is 18.8 Å². The van der Waals surface area contributed by atoms with Crippen LogP contribution in [0.2, 0.25) is 0 Å². The van der Waals surface area contributed by atoms with Gasteiger partial charge in [-0.05, 0) is 0 Å². The summed E-state index contributed by atoms with van der Waals surface area (Å²) in [5.74, 6) is -0.891. The van der Waals surface area contributed by atoms with E-state index in [4.69, 9.17) is 15.3 Å². The van der Waals surface area contributed by atoms with Crippen molar-refractivity contribution in [2.24, 2.45) is 0 Å². The van der Waals surface area contributed by atoms with Crippen LogP contribution in [0.5, 0.6) is 0 Å². The number of carbonyl (C=O) groups excluding carboxylic acids is 1. The van der Waals surface area contributed by atoms with Crippen LogP contribution in [0.1, 0.15) is 0 Å². The molecule has 1 rings (SSSR count). The van der Waals surface area contributed by atoms with Gasteiger partial charge in [0.15, 0.2) is 6.10 Å². The number of carbonyl (C=O) groups is 1. The lowest BCUT2D eigenvalue weighted by Gasteiger charge is -2.26. The third-order valence-corrected chi connectivity index (χ3v) is 1.36. The lowest BCUT2D eigenvalue weighted by atomic mass is 10.1. The van der Waals surface area contributed by atoms with Crippen LogP contribution in [0.25, 0.3) is 0 Å². The Hall–Kier alpha value is -0.650. The third-order valence-electron chi connectivity index (χ3n) is 1.36. The Bertz CT molecular complexity index is 145. The Morgan fingerprint density at radius 1 is 1.40 bits per heavy atom. The minimum Gasteiger partial charge on any atom is -0.461 e. The fourth-order valence-electron chi connectivity index (χ4n) is 0.701. The minimum atomic E-state index is -1.61. The summed E-state index contributed by atoms with van der Waals surface area (Å²) >= 11 is 0. The van der Waals surface area contributed by atoms with E-state index in [2.05, 4.69) is 4.74 Å². The number of ether oxygens (including phenoxy) is 1. The molecule has 5 nitrogen and oxygen atoms in total. The second-order valence-corrected chi connectivity index (χ2v) is 2.13. The fourth-order valence-corrected chi connectivity index (χ4v) is 0.701. The summed E-state index contributed by atoms with van der Waals surface area (Å²) in [4.78, 5) is 10.4. The molecule has 0 saturated carbocycles. The summed E-state index contributed by atoms with van der Waals surface area (Å²) in [5.41, 5.74) is 0. The van der Waals surface area contributed by atoms with Crippen LogP contribution in [-0.4, -0.2) is 46.2 Å². The SMILES string of the molecule is O=C1OC[C@H](O)[C@@H](O)[C@@H]1O. The highest BCUT2D eigenvalue weighted by atomic mass is 16.6. The molecule has 1 fully saturated rings. The van der Waals surface area contributed by atoms with Gasteiger partial charge < -0.3 is 20.1 Å². The average Bonchev–Trinajstić information content (AvgIpc) is 1.93. The lowest BCUT2D eigenvalue weighted by molar-refractivity contribution is -0.185. The maximum absolute atomic E-state index is 10.4. The Labute approximate surface area is 56.9 Å². The number of aliphatic hydroxyl groups is 3. The molecule has 3 atom stereocenters. The molecule has 1 saturated heterocycles. The molecule has 58 valence electrons. The van der Waals surface area contributed by atoms with E-state index in [9.17, 15) is 4.79 Å². The van der Waals surface area contributed by atoms with Crippen LogP contribution >= 0.6 is 0 Å². The Kier molecular flexibility index (Phi) is 1.89. The van der Waals surface area contributed by atoms with Gasteiger partial charge in [-0.2, -0.15) is 0 Å². The number of rotatable bonds is 0. The maximum atomic E-state index is 10.4. The van der Waals surface area contributed by atoms with Crippen molar-refractivity contribution in [1.82, 2.24) is 0 Å².